The number of esters is 2. The highest BCUT2D eigenvalue weighted by Crippen LogP contribution is 2.64. The molecule has 8 bridgehead atoms. The lowest BCUT2D eigenvalue weighted by Crippen LogP contribution is -2.48. The number of rotatable bonds is 21. The number of fused-ring (bicyclic) bond motifs is 2. The monoisotopic (exact) mass is 2720 g/mol. The van der Waals surface area contributed by atoms with Crippen LogP contribution in [0.1, 0.15) is 134 Å². The summed E-state index contributed by atoms with van der Waals surface area (Å²) in [5.41, 5.74) is 7.53. The molecule has 133 heavy (non-hydrogen) atoms. The van der Waals surface area contributed by atoms with Gasteiger partial charge in [-0.25, -0.2) is 0 Å². The number of benzene rings is 6. The number of aryl methyl sites for hydroxylation is 2. The summed E-state index contributed by atoms with van der Waals surface area (Å²) in [5, 5.41) is 3.62. The topological polar surface area (TPSA) is 195 Å². The Kier molecular flexibility index (Phi) is 76.0. The molecule has 0 unspecified atom stereocenters. The molecule has 8 saturated carbocycles. The van der Waals surface area contributed by atoms with E-state index in [1.807, 2.05) is 24.3 Å². The van der Waals surface area contributed by atoms with Gasteiger partial charge in [0.1, 0.15) is 34.5 Å². The summed E-state index contributed by atoms with van der Waals surface area (Å²) in [7, 11) is 66.5. The summed E-state index contributed by atoms with van der Waals surface area (Å²) in [4.78, 5) is 55.7. The van der Waals surface area contributed by atoms with E-state index in [0.29, 0.717) is 50.1 Å². The summed E-state index contributed by atoms with van der Waals surface area (Å²) < 4.78 is 58.0. The van der Waals surface area contributed by atoms with Crippen LogP contribution in [-0.2, 0) is 458 Å². The molecule has 6 aromatic rings. The second-order valence-corrected chi connectivity index (χ2v) is 92.8. The molecule has 16 nitrogen and oxygen atoms in total. The van der Waals surface area contributed by atoms with Crippen molar-refractivity contribution >= 4 is 464 Å². The van der Waals surface area contributed by atoms with Crippen LogP contribution in [0.2, 0.25) is 0 Å². The Balaban J connectivity index is 0.000000349. The van der Waals surface area contributed by atoms with Crippen molar-refractivity contribution in [3.63, 3.8) is 0 Å². The van der Waals surface area contributed by atoms with E-state index in [2.05, 4.69) is 129 Å². The molecule has 8 aliphatic carbocycles. The number of halogens is 2. The first kappa shape index (κ1) is 128. The van der Waals surface area contributed by atoms with E-state index < -0.39 is 0 Å². The lowest BCUT2D eigenvalue weighted by atomic mass is 9.48. The van der Waals surface area contributed by atoms with Crippen LogP contribution in [0.3, 0.4) is 0 Å². The summed E-state index contributed by atoms with van der Waals surface area (Å²) in [6.45, 7) is 9.72. The van der Waals surface area contributed by atoms with Gasteiger partial charge in [-0.3, -0.25) is 9.59 Å². The fourth-order valence-corrected chi connectivity index (χ4v) is 99.5. The van der Waals surface area contributed by atoms with Crippen LogP contribution >= 0.6 is 31.9 Å². The number of hydrogen-bond donors (Lipinski definition) is 0. The van der Waals surface area contributed by atoms with E-state index in [-0.39, 0.29) is 43.9 Å². The highest BCUT2D eigenvalue weighted by Gasteiger charge is 2.54. The van der Waals surface area contributed by atoms with Crippen molar-refractivity contribution in [1.29, 1.82) is 0 Å². The second-order valence-electron chi connectivity index (χ2n) is 27.2. The Morgan fingerprint density at radius 1 is 0.346 bits per heavy atom. The van der Waals surface area contributed by atoms with E-state index in [1.54, 1.807) is 295 Å². The van der Waals surface area contributed by atoms with Gasteiger partial charge in [0.15, 0.2) is 13.6 Å². The molecule has 0 saturated heterocycles. The lowest BCUT2D eigenvalue weighted by Gasteiger charge is -2.57. The smallest absolute Gasteiger partial charge is 0.373 e. The number of carbonyl (C=O) groups is 2. The van der Waals surface area contributed by atoms with Crippen molar-refractivity contribution in [1.82, 2.24) is 0 Å². The predicted molar refractivity (Wildman–Crippen MR) is 662 cm³/mol. The van der Waals surface area contributed by atoms with Crippen LogP contribution in [0, 0.1) is 35.5 Å². The number of ether oxygens (including phenoxy) is 10. The number of carbonyl (C=O) groups excluding carboxylic acids is 6. The normalized spacial score (nSPS) is 17.5. The molecule has 0 heterocycles. The van der Waals surface area contributed by atoms with E-state index in [0.717, 1.165) is 124 Å². The zero-order chi connectivity index (χ0) is 96.0. The largest absolute Gasteiger partial charge is 0.496 e. The Hall–Kier alpha value is 2.78. The average Bonchev–Trinajstić information content (AvgIpc) is 0.729. The molecule has 0 aromatic heterocycles. The summed E-state index contributed by atoms with van der Waals surface area (Å²) in [6.07, 6.45) is 18.5. The number of hydrogen-bond acceptors (Lipinski definition) is 22. The molecule has 0 spiro atoms. The Morgan fingerprint density at radius 3 is 0.925 bits per heavy atom. The summed E-state index contributed by atoms with van der Waals surface area (Å²) in [5.74, 6) is 9.19. The molecular weight excluding hydrogens is 2640 g/mol. The predicted octanol–water partition coefficient (Wildman–Crippen LogP) is 15.9. The Bertz CT molecular complexity index is 6650. The van der Waals surface area contributed by atoms with Gasteiger partial charge in [-0.1, -0.05) is 59.2 Å². The van der Waals surface area contributed by atoms with E-state index in [1.165, 1.54) is 155 Å². The molecule has 6 aromatic carbocycles. The zero-order valence-corrected chi connectivity index (χ0v) is 108. The van der Waals surface area contributed by atoms with Crippen molar-refractivity contribution in [2.75, 3.05) is 68.5 Å². The molecular formula is C73H88Br2O16S42. The van der Waals surface area contributed by atoms with Gasteiger partial charge in [-0.05, 0) is 237 Å². The van der Waals surface area contributed by atoms with Crippen molar-refractivity contribution in [2.24, 2.45) is 35.5 Å². The first-order chi connectivity index (χ1) is 64.2. The Morgan fingerprint density at radius 2 is 0.632 bits per heavy atom. The van der Waals surface area contributed by atoms with E-state index in [4.69, 9.17) is 111 Å². The molecule has 8 fully saturated rings. The summed E-state index contributed by atoms with van der Waals surface area (Å²) >= 11 is 35.3. The molecule has 0 amide bonds. The van der Waals surface area contributed by atoms with Crippen molar-refractivity contribution < 1.29 is 76.1 Å². The van der Waals surface area contributed by atoms with Crippen LogP contribution in [-0.4, -0.2) is 92.7 Å². The first-order valence-corrected chi connectivity index (χ1v) is 91.2. The van der Waals surface area contributed by atoms with Crippen LogP contribution in [0.15, 0.2) is 93.9 Å². The van der Waals surface area contributed by atoms with Crippen molar-refractivity contribution in [3.05, 3.63) is 116 Å². The maximum Gasteiger partial charge on any atom is 0.373 e. The van der Waals surface area contributed by atoms with Gasteiger partial charge in [-0.15, -0.1) is 0 Å². The molecule has 0 aliphatic heterocycles. The summed E-state index contributed by atoms with van der Waals surface area (Å²) in [6, 6.07) is 29.2. The van der Waals surface area contributed by atoms with Gasteiger partial charge in [0, 0.05) is 457 Å². The minimum atomic E-state index is -0.331. The molecule has 742 valence electrons. The molecule has 14 rings (SSSR count). The molecule has 8 aliphatic rings. The minimum Gasteiger partial charge on any atom is -0.496 e. The second kappa shape index (κ2) is 79.0. The molecule has 0 N–H and O–H groups in total. The highest BCUT2D eigenvalue weighted by molar-refractivity contribution is 9.10. The maximum atomic E-state index is 12.0. The van der Waals surface area contributed by atoms with Crippen LogP contribution < -0.4 is 28.4 Å². The minimum absolute atomic E-state index is 0. The van der Waals surface area contributed by atoms with E-state index in [9.17, 15) is 9.59 Å². The van der Waals surface area contributed by atoms with Gasteiger partial charge in [-0.2, -0.15) is 19.2 Å². The Labute approximate surface area is 926 Å². The first-order valence-electron chi connectivity index (χ1n) is 37.6. The van der Waals surface area contributed by atoms with Crippen molar-refractivity contribution in [2.45, 2.75) is 136 Å². The van der Waals surface area contributed by atoms with Gasteiger partial charge in [0.25, 0.3) is 0 Å². The quantitative estimate of drug-likeness (QED) is 0.0285. The van der Waals surface area contributed by atoms with Crippen LogP contribution in [0.5, 0.6) is 34.5 Å². The third-order valence-corrected chi connectivity index (χ3v) is 94.0. The van der Waals surface area contributed by atoms with E-state index >= 15 is 0 Å². The zero-order valence-electron chi connectivity index (χ0n) is 70.1. The fraction of sp³-hybridized carbons (Fsp3) is 0.507. The van der Waals surface area contributed by atoms with Crippen LogP contribution in [0.4, 0.5) is 0 Å². The van der Waals surface area contributed by atoms with Gasteiger partial charge in [0.2, 0.25) is 0 Å². The average molecular weight is 2730 g/mol. The maximum absolute atomic E-state index is 12.0. The molecule has 0 radical (unpaired) electrons. The van der Waals surface area contributed by atoms with Gasteiger partial charge < -0.3 is 47.4 Å². The highest BCUT2D eigenvalue weighted by atomic mass is 79.9. The number of methoxy groups -OCH3 is 4. The molecule has 0 atom stereocenters. The third kappa shape index (κ3) is 50.1. The third-order valence-electron chi connectivity index (χ3n) is 19.7. The van der Waals surface area contributed by atoms with Crippen molar-refractivity contribution in [3.8, 4) is 45.6 Å². The standard InChI is InChI=1S/C35H42O6.C20H27BrO3.C15H15BrO3.2CO2.CH4.S17.S16.S9/c1-5-23-13-29-30(34(14-23)41-22(2)36)15-28(17-33(29)38-4)27-6-7-32(40-21-39-9-8-37-3)31(16-27)35-18-24-10-25(19-35)12-26(11-24)20-35;1-22-4-5-23-13-24-19-3-2-17(21)9-18(19)20-10-14-6-15(11-20)8-16(7-14)12-20;1-4-10-5-12-13(15(6-10)19-9(2)17)7-11(16)8-14(12)18-3;2*2-1-3;;1-3-5-7-9-11-13-15-17-16-14-12-10-8-6-4-2;1-3-5-7-9-11-13-15-16-14-12-10-8-6-4-2;1-3-5-7-9-8-6-4-2/h6-7,13-17,24-26H,5,8-12,18-21H2,1-4H3;2-3,9,14-16H,4-8,10-13H2,1H3;5-8H,4H2,1-3H3;;;1H4;;;. The SMILES string of the molecule is C.CCc1cc(OC(C)=O)c2cc(-c3ccc(OCOCCOC)c(C45CC6CC(CC(C6)C4)C5)c3)cc(OC)c2c1.CCc1cc(OC(C)=O)c2cc(Br)cc(OC)c2c1.COCCOCOc1ccc(Br)cc1C12CC3CC(CC(C3)C1)C2.O=C=O.O=C=O.S=S=S=S=S=S=S=S=S.S=S=S=S=S=S=S=S=S=S=S=S=S=S=S=S.S=S=S=S=S=S=S=S=S=S=S=S=S=S=S=S=S. The van der Waals surface area contributed by atoms with Gasteiger partial charge >= 0.3 is 24.2 Å². The lowest BCUT2D eigenvalue weighted by molar-refractivity contribution is -0.193. The fourth-order valence-electron chi connectivity index (χ4n) is 16.4. The molecule has 60 heteroatoms. The van der Waals surface area contributed by atoms with Gasteiger partial charge in [0.05, 0.1) is 40.6 Å². The van der Waals surface area contributed by atoms with Crippen LogP contribution in [0.25, 0.3) is 32.7 Å².